The van der Waals surface area contributed by atoms with Crippen molar-refractivity contribution in [3.8, 4) is 0 Å². The lowest BCUT2D eigenvalue weighted by Gasteiger charge is -2.35. The third kappa shape index (κ3) is 1.50. The molecule has 2 aliphatic rings. The predicted octanol–water partition coefficient (Wildman–Crippen LogP) is 1.97. The summed E-state index contributed by atoms with van der Waals surface area (Å²) >= 11 is 2.05. The third-order valence-corrected chi connectivity index (χ3v) is 5.68. The Balaban J connectivity index is 1.82. The third-order valence-electron chi connectivity index (χ3n) is 4.11. The minimum atomic E-state index is -0.729. The first kappa shape index (κ1) is 10.8. The monoisotopic (exact) mass is 261 g/mol. The second-order valence-corrected chi connectivity index (χ2v) is 6.95. The minimum Gasteiger partial charge on any atom is -0.385 e. The molecule has 0 radical (unpaired) electrons. The van der Waals surface area contributed by atoms with E-state index in [-0.39, 0.29) is 0 Å². The van der Waals surface area contributed by atoms with Crippen LogP contribution in [0.1, 0.15) is 31.2 Å². The molecule has 0 aliphatic carbocycles. The Hall–Kier alpha value is -1.07. The first-order chi connectivity index (χ1) is 8.74. The normalized spacial score (nSPS) is 35.2. The number of hydrogen-bond donors (Lipinski definition) is 1. The molecule has 18 heavy (non-hydrogen) atoms. The van der Waals surface area contributed by atoms with E-state index in [2.05, 4.69) is 10.1 Å². The molecule has 0 spiro atoms. The first-order valence-electron chi connectivity index (χ1n) is 6.41. The number of aliphatic hydroxyl groups is 1. The fraction of sp³-hybridized carbons (Fsp3) is 0.538. The molecule has 2 fully saturated rings. The number of aromatic nitrogens is 3. The van der Waals surface area contributed by atoms with Gasteiger partial charge in [0.05, 0.1) is 11.8 Å². The van der Waals surface area contributed by atoms with Gasteiger partial charge in [0.2, 0.25) is 0 Å². The second kappa shape index (κ2) is 3.71. The smallest absolute Gasteiger partial charge is 0.160 e. The summed E-state index contributed by atoms with van der Waals surface area (Å²) < 4.78 is 1.75. The summed E-state index contributed by atoms with van der Waals surface area (Å²) in [5.74, 6) is 0. The number of nitrogens with zero attached hydrogens (tertiary/aromatic N) is 3. The van der Waals surface area contributed by atoms with Gasteiger partial charge in [-0.3, -0.25) is 0 Å². The number of fused-ring (bicyclic) bond motifs is 3. The van der Waals surface area contributed by atoms with Gasteiger partial charge in [-0.2, -0.15) is 16.9 Å². The van der Waals surface area contributed by atoms with Crippen LogP contribution in [0.15, 0.2) is 24.7 Å². The van der Waals surface area contributed by atoms with E-state index in [1.165, 1.54) is 12.8 Å². The van der Waals surface area contributed by atoms with E-state index in [1.54, 1.807) is 16.9 Å². The zero-order valence-corrected chi connectivity index (χ0v) is 10.8. The standard InChI is InChI=1S/C13H15N3OS/c17-13(6-9-2-3-10(7-13)18-9)11-8-15-16-5-1-4-14-12(11)16/h1,4-5,8-10,17H,2-3,6-7H2. The van der Waals surface area contributed by atoms with Crippen molar-refractivity contribution in [2.24, 2.45) is 0 Å². The number of hydrogen-bond acceptors (Lipinski definition) is 4. The van der Waals surface area contributed by atoms with Crippen LogP contribution in [0.3, 0.4) is 0 Å². The molecule has 2 bridgehead atoms. The van der Waals surface area contributed by atoms with Crippen molar-refractivity contribution in [1.82, 2.24) is 14.6 Å². The molecule has 2 atom stereocenters. The summed E-state index contributed by atoms with van der Waals surface area (Å²) in [6, 6.07) is 1.86. The average Bonchev–Trinajstić information content (AvgIpc) is 2.93. The quantitative estimate of drug-likeness (QED) is 0.852. The maximum Gasteiger partial charge on any atom is 0.160 e. The molecule has 5 heteroatoms. The summed E-state index contributed by atoms with van der Waals surface area (Å²) in [6.07, 6.45) is 9.59. The van der Waals surface area contributed by atoms with E-state index in [0.717, 1.165) is 24.1 Å². The van der Waals surface area contributed by atoms with Crippen molar-refractivity contribution in [2.45, 2.75) is 41.8 Å². The topological polar surface area (TPSA) is 50.4 Å². The largest absolute Gasteiger partial charge is 0.385 e. The van der Waals surface area contributed by atoms with Gasteiger partial charge in [0.25, 0.3) is 0 Å². The zero-order chi connectivity index (χ0) is 12.2. The Labute approximate surface area is 109 Å². The summed E-state index contributed by atoms with van der Waals surface area (Å²) in [5.41, 5.74) is 0.972. The fourth-order valence-corrected chi connectivity index (χ4v) is 5.12. The SMILES string of the molecule is OC1(c2cnn3cccnc23)CC2CCC(C1)S2. The molecule has 2 saturated heterocycles. The lowest BCUT2D eigenvalue weighted by molar-refractivity contribution is 0.0208. The van der Waals surface area contributed by atoms with Gasteiger partial charge < -0.3 is 5.11 Å². The molecule has 0 saturated carbocycles. The van der Waals surface area contributed by atoms with E-state index in [1.807, 2.05) is 24.0 Å². The van der Waals surface area contributed by atoms with Crippen molar-refractivity contribution >= 4 is 17.4 Å². The van der Waals surface area contributed by atoms with Gasteiger partial charge in [-0.05, 0) is 31.7 Å². The molecule has 94 valence electrons. The van der Waals surface area contributed by atoms with E-state index in [4.69, 9.17) is 0 Å². The van der Waals surface area contributed by atoms with Gasteiger partial charge in [-0.15, -0.1) is 0 Å². The molecular formula is C13H15N3OS. The van der Waals surface area contributed by atoms with Gasteiger partial charge >= 0.3 is 0 Å². The highest BCUT2D eigenvalue weighted by Crippen LogP contribution is 2.51. The Morgan fingerprint density at radius 1 is 1.33 bits per heavy atom. The van der Waals surface area contributed by atoms with Crippen LogP contribution in [0.2, 0.25) is 0 Å². The Kier molecular flexibility index (Phi) is 2.23. The van der Waals surface area contributed by atoms with Gasteiger partial charge in [0.15, 0.2) is 5.65 Å². The van der Waals surface area contributed by atoms with Crippen LogP contribution in [0.25, 0.3) is 5.65 Å². The highest BCUT2D eigenvalue weighted by Gasteiger charge is 2.45. The number of thioether (sulfide) groups is 1. The van der Waals surface area contributed by atoms with Gasteiger partial charge in [-0.25, -0.2) is 9.50 Å². The lowest BCUT2D eigenvalue weighted by Crippen LogP contribution is -2.34. The van der Waals surface area contributed by atoms with Gasteiger partial charge in [0, 0.05) is 28.5 Å². The van der Waals surface area contributed by atoms with E-state index >= 15 is 0 Å². The van der Waals surface area contributed by atoms with Crippen molar-refractivity contribution < 1.29 is 5.11 Å². The average molecular weight is 261 g/mol. The van der Waals surface area contributed by atoms with Gasteiger partial charge in [-0.1, -0.05) is 0 Å². The molecular weight excluding hydrogens is 246 g/mol. The summed E-state index contributed by atoms with van der Waals surface area (Å²) in [4.78, 5) is 4.37. The number of rotatable bonds is 1. The predicted molar refractivity (Wildman–Crippen MR) is 70.5 cm³/mol. The van der Waals surface area contributed by atoms with Crippen molar-refractivity contribution in [1.29, 1.82) is 0 Å². The van der Waals surface area contributed by atoms with Crippen molar-refractivity contribution in [3.05, 3.63) is 30.2 Å². The second-order valence-electron chi connectivity index (χ2n) is 5.34. The van der Waals surface area contributed by atoms with E-state index in [9.17, 15) is 5.11 Å². The molecule has 2 unspecified atom stereocenters. The van der Waals surface area contributed by atoms with E-state index < -0.39 is 5.60 Å². The first-order valence-corrected chi connectivity index (χ1v) is 7.36. The van der Waals surface area contributed by atoms with Crippen LogP contribution < -0.4 is 0 Å². The molecule has 4 heterocycles. The Morgan fingerprint density at radius 2 is 2.11 bits per heavy atom. The van der Waals surface area contributed by atoms with Crippen LogP contribution in [-0.2, 0) is 5.60 Å². The van der Waals surface area contributed by atoms with Crippen LogP contribution in [0, 0.1) is 0 Å². The molecule has 0 amide bonds. The fourth-order valence-electron chi connectivity index (χ4n) is 3.29. The van der Waals surface area contributed by atoms with E-state index in [0.29, 0.717) is 10.5 Å². The highest BCUT2D eigenvalue weighted by atomic mass is 32.2. The molecule has 2 aromatic rings. The molecule has 1 N–H and O–H groups in total. The maximum absolute atomic E-state index is 11.0. The van der Waals surface area contributed by atoms with Crippen LogP contribution in [0.5, 0.6) is 0 Å². The molecule has 2 aliphatic heterocycles. The highest BCUT2D eigenvalue weighted by molar-refractivity contribution is 8.00. The van der Waals surface area contributed by atoms with Crippen molar-refractivity contribution in [3.63, 3.8) is 0 Å². The Morgan fingerprint density at radius 3 is 2.89 bits per heavy atom. The molecule has 4 nitrogen and oxygen atoms in total. The zero-order valence-electron chi connectivity index (χ0n) is 9.99. The minimum absolute atomic E-state index is 0.604. The van der Waals surface area contributed by atoms with Crippen LogP contribution in [0.4, 0.5) is 0 Å². The van der Waals surface area contributed by atoms with Gasteiger partial charge in [0.1, 0.15) is 0 Å². The van der Waals surface area contributed by atoms with Crippen molar-refractivity contribution in [2.75, 3.05) is 0 Å². The lowest BCUT2D eigenvalue weighted by atomic mass is 9.87. The van der Waals surface area contributed by atoms with Crippen LogP contribution >= 0.6 is 11.8 Å². The maximum atomic E-state index is 11.0. The molecule has 2 aromatic heterocycles. The summed E-state index contributed by atoms with van der Waals surface area (Å²) in [5, 5.41) is 16.5. The van der Waals surface area contributed by atoms with Crippen LogP contribution in [-0.4, -0.2) is 30.2 Å². The summed E-state index contributed by atoms with van der Waals surface area (Å²) in [6.45, 7) is 0. The summed E-state index contributed by atoms with van der Waals surface area (Å²) in [7, 11) is 0. The molecule has 4 rings (SSSR count). The Bertz CT molecular complexity index is 585. The molecule has 0 aromatic carbocycles.